The fraction of sp³-hybridized carbons (Fsp3) is 0.346. The van der Waals surface area contributed by atoms with Crippen molar-refractivity contribution in [3.05, 3.63) is 58.8 Å². The van der Waals surface area contributed by atoms with E-state index in [9.17, 15) is 4.79 Å². The summed E-state index contributed by atoms with van der Waals surface area (Å²) in [6.45, 7) is 2.98. The van der Waals surface area contributed by atoms with Crippen molar-refractivity contribution in [3.8, 4) is 5.75 Å². The van der Waals surface area contributed by atoms with Crippen LogP contribution in [0.4, 0.5) is 17.2 Å². The van der Waals surface area contributed by atoms with E-state index < -0.39 is 0 Å². The number of halogens is 1. The van der Waals surface area contributed by atoms with E-state index in [0.717, 1.165) is 53.5 Å². The topological polar surface area (TPSA) is 88.6 Å². The molecule has 0 saturated carbocycles. The maximum absolute atomic E-state index is 12.9. The Bertz CT molecular complexity index is 1210. The summed E-state index contributed by atoms with van der Waals surface area (Å²) in [5.74, 6) is 1.04. The first-order valence-corrected chi connectivity index (χ1v) is 12.4. The number of hydrogen-bond acceptors (Lipinski definition) is 7. The van der Waals surface area contributed by atoms with Crippen molar-refractivity contribution in [1.82, 2.24) is 14.9 Å². The van der Waals surface area contributed by atoms with Crippen molar-refractivity contribution in [2.75, 3.05) is 51.1 Å². The summed E-state index contributed by atoms with van der Waals surface area (Å²) in [5, 5.41) is 7.15. The van der Waals surface area contributed by atoms with Crippen LogP contribution in [0.1, 0.15) is 19.3 Å². The van der Waals surface area contributed by atoms with Gasteiger partial charge >= 0.3 is 0 Å². The van der Waals surface area contributed by atoms with E-state index >= 15 is 0 Å². The Kier molecular flexibility index (Phi) is 8.68. The van der Waals surface area contributed by atoms with E-state index in [4.69, 9.17) is 9.47 Å². The van der Waals surface area contributed by atoms with Gasteiger partial charge in [0.25, 0.3) is 0 Å². The Morgan fingerprint density at radius 1 is 1.17 bits per heavy atom. The predicted octanol–water partition coefficient (Wildman–Crippen LogP) is 5.14. The fourth-order valence-electron chi connectivity index (χ4n) is 3.89. The second kappa shape index (κ2) is 12.1. The zero-order valence-corrected chi connectivity index (χ0v) is 21.6. The monoisotopic (exact) mass is 539 g/mol. The quantitative estimate of drug-likeness (QED) is 0.287. The number of fused-ring (bicyclic) bond motifs is 1. The molecule has 35 heavy (non-hydrogen) atoms. The summed E-state index contributed by atoms with van der Waals surface area (Å²) in [6.07, 6.45) is 5.76. The molecule has 1 amide bonds. The van der Waals surface area contributed by atoms with Crippen molar-refractivity contribution in [2.45, 2.75) is 19.3 Å². The molecule has 1 fully saturated rings. The van der Waals surface area contributed by atoms with Gasteiger partial charge in [0.2, 0.25) is 5.91 Å². The minimum atomic E-state index is -0.163. The molecule has 1 aliphatic rings. The minimum absolute atomic E-state index is 0.163. The number of anilines is 3. The first kappa shape index (κ1) is 25.1. The molecule has 1 aliphatic heterocycles. The number of amides is 1. The highest BCUT2D eigenvalue weighted by Crippen LogP contribution is 2.34. The third-order valence-corrected chi connectivity index (χ3v) is 6.29. The van der Waals surface area contributed by atoms with Crippen LogP contribution in [0.5, 0.6) is 5.75 Å². The van der Waals surface area contributed by atoms with Crippen LogP contribution in [0.2, 0.25) is 0 Å². The highest BCUT2D eigenvalue weighted by molar-refractivity contribution is 9.10. The third-order valence-electron chi connectivity index (χ3n) is 5.80. The van der Waals surface area contributed by atoms with Crippen LogP contribution in [-0.4, -0.2) is 61.2 Å². The third kappa shape index (κ3) is 7.00. The molecule has 8 nitrogen and oxygen atoms in total. The maximum Gasteiger partial charge on any atom is 0.248 e. The number of hydrogen-bond donors (Lipinski definition) is 2. The zero-order valence-electron chi connectivity index (χ0n) is 20.0. The Balaban J connectivity index is 1.63. The van der Waals surface area contributed by atoms with Gasteiger partial charge in [0.15, 0.2) is 0 Å². The highest BCUT2D eigenvalue weighted by Gasteiger charge is 2.15. The largest absolute Gasteiger partial charge is 0.491 e. The Hall–Kier alpha value is -3.01. The van der Waals surface area contributed by atoms with E-state index in [1.807, 2.05) is 36.4 Å². The van der Waals surface area contributed by atoms with Crippen LogP contribution in [-0.2, 0) is 9.53 Å². The Labute approximate surface area is 213 Å². The lowest BCUT2D eigenvalue weighted by Crippen LogP contribution is -2.27. The molecule has 9 heteroatoms. The molecule has 1 aromatic heterocycles. The second-order valence-corrected chi connectivity index (χ2v) is 9.43. The lowest BCUT2D eigenvalue weighted by Gasteiger charge is -2.23. The van der Waals surface area contributed by atoms with Crippen LogP contribution in [0.15, 0.2) is 58.8 Å². The number of nitrogens with zero attached hydrogens (tertiary/aromatic N) is 3. The number of rotatable bonds is 9. The summed E-state index contributed by atoms with van der Waals surface area (Å²) in [5.41, 5.74) is 3.34. The molecule has 3 aromatic rings. The van der Waals surface area contributed by atoms with Crippen molar-refractivity contribution >= 4 is 49.9 Å². The van der Waals surface area contributed by atoms with Gasteiger partial charge in [0.05, 0.1) is 17.8 Å². The van der Waals surface area contributed by atoms with E-state index in [1.54, 1.807) is 13.2 Å². The highest BCUT2D eigenvalue weighted by atomic mass is 79.9. The summed E-state index contributed by atoms with van der Waals surface area (Å²) in [6, 6.07) is 11.5. The molecule has 1 saturated heterocycles. The summed E-state index contributed by atoms with van der Waals surface area (Å²) >= 11 is 3.50. The SMILES string of the molecule is COCCCOc1cc2ncnc(Nc3cccc(Br)c3)c2cc1NC(=O)C=C1CCN(C)CC1. The Morgan fingerprint density at radius 2 is 2.00 bits per heavy atom. The number of methoxy groups -OCH3 is 1. The number of benzene rings is 2. The lowest BCUT2D eigenvalue weighted by atomic mass is 10.0. The van der Waals surface area contributed by atoms with Crippen molar-refractivity contribution in [3.63, 3.8) is 0 Å². The molecule has 0 atom stereocenters. The van der Waals surface area contributed by atoms with Crippen LogP contribution in [0.25, 0.3) is 10.9 Å². The molecule has 0 spiro atoms. The van der Waals surface area contributed by atoms with E-state index in [2.05, 4.69) is 48.5 Å². The van der Waals surface area contributed by atoms with Crippen LogP contribution < -0.4 is 15.4 Å². The lowest BCUT2D eigenvalue weighted by molar-refractivity contribution is -0.112. The van der Waals surface area contributed by atoms with Gasteiger partial charge in [-0.25, -0.2) is 9.97 Å². The van der Waals surface area contributed by atoms with Crippen LogP contribution in [0, 0.1) is 0 Å². The minimum Gasteiger partial charge on any atom is -0.491 e. The summed E-state index contributed by atoms with van der Waals surface area (Å²) in [7, 11) is 3.76. The molecule has 184 valence electrons. The molecule has 0 aliphatic carbocycles. The van der Waals surface area contributed by atoms with Crippen molar-refractivity contribution in [1.29, 1.82) is 0 Å². The molecule has 0 bridgehead atoms. The maximum atomic E-state index is 12.9. The second-order valence-electron chi connectivity index (χ2n) is 8.51. The van der Waals surface area contributed by atoms with Gasteiger partial charge in [0, 0.05) is 60.9 Å². The number of carbonyl (C=O) groups is 1. The van der Waals surface area contributed by atoms with Crippen molar-refractivity contribution in [2.24, 2.45) is 0 Å². The number of carbonyl (C=O) groups excluding carboxylic acids is 1. The molecule has 2 heterocycles. The van der Waals surface area contributed by atoms with Crippen LogP contribution in [0.3, 0.4) is 0 Å². The fourth-order valence-corrected chi connectivity index (χ4v) is 4.29. The van der Waals surface area contributed by atoms with Crippen LogP contribution >= 0.6 is 15.9 Å². The average molecular weight is 540 g/mol. The van der Waals surface area contributed by atoms with Gasteiger partial charge in [-0.05, 0) is 44.2 Å². The smallest absolute Gasteiger partial charge is 0.248 e. The normalized spacial score (nSPS) is 14.1. The molecular weight excluding hydrogens is 510 g/mol. The standard InChI is InChI=1S/C26H30BrN5O3/c1-32-9-7-18(8-10-32)13-25(33)31-23-15-21-22(16-24(23)35-12-4-11-34-2)28-17-29-26(21)30-20-6-3-5-19(27)14-20/h3,5-6,13-17H,4,7-12H2,1-2H3,(H,31,33)(H,28,29,30). The van der Waals surface area contributed by atoms with Gasteiger partial charge in [-0.1, -0.05) is 27.6 Å². The van der Waals surface area contributed by atoms with Gasteiger partial charge in [0.1, 0.15) is 17.9 Å². The molecule has 4 rings (SSSR count). The molecule has 2 N–H and O–H groups in total. The molecular formula is C26H30BrN5O3. The number of piperidine rings is 1. The van der Waals surface area contributed by atoms with E-state index in [1.165, 1.54) is 6.33 Å². The van der Waals surface area contributed by atoms with Gasteiger partial charge in [-0.2, -0.15) is 0 Å². The van der Waals surface area contributed by atoms with E-state index in [0.29, 0.717) is 36.0 Å². The van der Waals surface area contributed by atoms with Gasteiger partial charge in [-0.3, -0.25) is 4.79 Å². The van der Waals surface area contributed by atoms with Crippen molar-refractivity contribution < 1.29 is 14.3 Å². The first-order valence-electron chi connectivity index (χ1n) is 11.6. The zero-order chi connectivity index (χ0) is 24.6. The summed E-state index contributed by atoms with van der Waals surface area (Å²) < 4.78 is 12.1. The predicted molar refractivity (Wildman–Crippen MR) is 142 cm³/mol. The number of nitrogens with one attached hydrogen (secondary N) is 2. The van der Waals surface area contributed by atoms with E-state index in [-0.39, 0.29) is 5.91 Å². The average Bonchev–Trinajstić information content (AvgIpc) is 2.84. The molecule has 2 aromatic carbocycles. The van der Waals surface area contributed by atoms with Gasteiger partial charge in [-0.15, -0.1) is 0 Å². The number of ether oxygens (including phenoxy) is 2. The van der Waals surface area contributed by atoms with Gasteiger partial charge < -0.3 is 25.0 Å². The number of aromatic nitrogens is 2. The first-order chi connectivity index (χ1) is 17.0. The number of likely N-dealkylation sites (tertiary alicyclic amines) is 1. The summed E-state index contributed by atoms with van der Waals surface area (Å²) in [4.78, 5) is 24.1. The Morgan fingerprint density at radius 3 is 2.77 bits per heavy atom. The molecule has 0 radical (unpaired) electrons. The molecule has 0 unspecified atom stereocenters.